The topological polar surface area (TPSA) is 95.6 Å². The van der Waals surface area contributed by atoms with E-state index in [-0.39, 0.29) is 10.5 Å². The number of nitrogens with zero attached hydrogens (tertiary/aromatic N) is 1. The van der Waals surface area contributed by atoms with E-state index in [0.717, 1.165) is 5.56 Å². The van der Waals surface area contributed by atoms with Gasteiger partial charge >= 0.3 is 0 Å². The molecule has 7 nitrogen and oxygen atoms in total. The van der Waals surface area contributed by atoms with Crippen LogP contribution >= 0.6 is 0 Å². The summed E-state index contributed by atoms with van der Waals surface area (Å²) >= 11 is 0. The molecule has 2 aromatic rings. The average molecular weight is 418 g/mol. The van der Waals surface area contributed by atoms with E-state index in [1.54, 1.807) is 26.0 Å². The molecule has 0 radical (unpaired) electrons. The minimum Gasteiger partial charge on any atom is -0.267 e. The van der Waals surface area contributed by atoms with Crippen molar-refractivity contribution in [1.82, 2.24) is 15.2 Å². The van der Waals surface area contributed by atoms with E-state index in [9.17, 15) is 18.0 Å². The second-order valence-corrected chi connectivity index (χ2v) is 8.74. The van der Waals surface area contributed by atoms with Gasteiger partial charge in [-0.15, -0.1) is 0 Å². The van der Waals surface area contributed by atoms with E-state index < -0.39 is 21.8 Å². The summed E-state index contributed by atoms with van der Waals surface area (Å²) in [5.41, 5.74) is 6.33. The second kappa shape index (κ2) is 9.67. The largest absolute Gasteiger partial charge is 0.269 e. The number of carbonyl (C=O) groups is 2. The van der Waals surface area contributed by atoms with Gasteiger partial charge in [-0.3, -0.25) is 20.4 Å². The van der Waals surface area contributed by atoms with Crippen LogP contribution in [0.1, 0.15) is 59.9 Å². The number of carbonyl (C=O) groups excluding carboxylic acids is 2. The van der Waals surface area contributed by atoms with E-state index in [1.165, 1.54) is 28.6 Å². The molecule has 0 aliphatic rings. The highest BCUT2D eigenvalue weighted by molar-refractivity contribution is 7.89. The third-order valence-corrected chi connectivity index (χ3v) is 6.61. The maximum atomic E-state index is 12.6. The first-order chi connectivity index (χ1) is 13.7. The van der Waals surface area contributed by atoms with Crippen molar-refractivity contribution in [1.29, 1.82) is 0 Å². The zero-order valence-electron chi connectivity index (χ0n) is 17.1. The molecule has 0 heterocycles. The maximum Gasteiger partial charge on any atom is 0.269 e. The van der Waals surface area contributed by atoms with Crippen LogP contribution in [0, 0.1) is 0 Å². The predicted molar refractivity (Wildman–Crippen MR) is 112 cm³/mol. The SMILES string of the molecule is CCN(CC)S(=O)(=O)c1cccc(C(=O)NNC(=O)c2ccc(C(C)C)cc2)c1. The predicted octanol–water partition coefficient (Wildman–Crippen LogP) is 2.92. The van der Waals surface area contributed by atoms with Crippen molar-refractivity contribution in [2.45, 2.75) is 38.5 Å². The quantitative estimate of drug-likeness (QED) is 0.677. The normalized spacial score (nSPS) is 11.5. The first-order valence-corrected chi connectivity index (χ1v) is 11.0. The third kappa shape index (κ3) is 5.42. The molecule has 29 heavy (non-hydrogen) atoms. The van der Waals surface area contributed by atoms with Crippen molar-refractivity contribution in [3.63, 3.8) is 0 Å². The lowest BCUT2D eigenvalue weighted by Crippen LogP contribution is -2.41. The molecule has 0 fully saturated rings. The summed E-state index contributed by atoms with van der Waals surface area (Å²) in [5, 5.41) is 0. The molecule has 0 unspecified atom stereocenters. The van der Waals surface area contributed by atoms with Gasteiger partial charge in [0.1, 0.15) is 0 Å². The summed E-state index contributed by atoms with van der Waals surface area (Å²) in [4.78, 5) is 24.6. The number of sulfonamides is 1. The molecule has 0 spiro atoms. The van der Waals surface area contributed by atoms with E-state index in [4.69, 9.17) is 0 Å². The monoisotopic (exact) mass is 417 g/mol. The minimum atomic E-state index is -3.68. The van der Waals surface area contributed by atoms with E-state index in [1.807, 2.05) is 12.1 Å². The van der Waals surface area contributed by atoms with Gasteiger partial charge in [0.05, 0.1) is 4.90 Å². The molecule has 8 heteroatoms. The van der Waals surface area contributed by atoms with Gasteiger partial charge in [-0.1, -0.05) is 45.9 Å². The van der Waals surface area contributed by atoms with Gasteiger partial charge in [0.2, 0.25) is 10.0 Å². The number of hydrogen-bond acceptors (Lipinski definition) is 4. The zero-order chi connectivity index (χ0) is 21.6. The Morgan fingerprint density at radius 3 is 1.97 bits per heavy atom. The highest BCUT2D eigenvalue weighted by Crippen LogP contribution is 2.17. The molecule has 2 aromatic carbocycles. The summed E-state index contributed by atoms with van der Waals surface area (Å²) in [5.74, 6) is -0.707. The van der Waals surface area contributed by atoms with Gasteiger partial charge in [0, 0.05) is 24.2 Å². The molecule has 0 aromatic heterocycles. The van der Waals surface area contributed by atoms with Gasteiger partial charge < -0.3 is 0 Å². The summed E-state index contributed by atoms with van der Waals surface area (Å²) in [6.45, 7) is 8.29. The van der Waals surface area contributed by atoms with Gasteiger partial charge in [-0.05, 0) is 41.8 Å². The van der Waals surface area contributed by atoms with Crippen LogP contribution in [0.15, 0.2) is 53.4 Å². The lowest BCUT2D eigenvalue weighted by atomic mass is 10.0. The van der Waals surface area contributed by atoms with Crippen molar-refractivity contribution < 1.29 is 18.0 Å². The van der Waals surface area contributed by atoms with Crippen molar-refractivity contribution in [3.8, 4) is 0 Å². The van der Waals surface area contributed by atoms with E-state index >= 15 is 0 Å². The molecule has 0 aliphatic heterocycles. The van der Waals surface area contributed by atoms with Crippen molar-refractivity contribution in [2.24, 2.45) is 0 Å². The van der Waals surface area contributed by atoms with Gasteiger partial charge in [0.25, 0.3) is 11.8 Å². The second-order valence-electron chi connectivity index (χ2n) is 6.80. The molecule has 0 atom stereocenters. The smallest absolute Gasteiger partial charge is 0.267 e. The van der Waals surface area contributed by atoms with Crippen LogP contribution in [0.3, 0.4) is 0 Å². The number of hydrogen-bond donors (Lipinski definition) is 2. The summed E-state index contributed by atoms with van der Waals surface area (Å²) in [7, 11) is -3.68. The lowest BCUT2D eigenvalue weighted by molar-refractivity contribution is 0.0846. The van der Waals surface area contributed by atoms with Gasteiger partial charge in [0.15, 0.2) is 0 Å². The molecule has 0 aliphatic carbocycles. The molecule has 0 saturated carbocycles. The van der Waals surface area contributed by atoms with Crippen LogP contribution in [-0.4, -0.2) is 37.6 Å². The molecular formula is C21H27N3O4S. The highest BCUT2D eigenvalue weighted by Gasteiger charge is 2.22. The van der Waals surface area contributed by atoms with Crippen molar-refractivity contribution in [2.75, 3.05) is 13.1 Å². The average Bonchev–Trinajstić information content (AvgIpc) is 2.72. The Hall–Kier alpha value is -2.71. The van der Waals surface area contributed by atoms with Crippen LogP contribution < -0.4 is 10.9 Å². The van der Waals surface area contributed by atoms with Crippen molar-refractivity contribution in [3.05, 3.63) is 65.2 Å². The van der Waals surface area contributed by atoms with Crippen LogP contribution in [-0.2, 0) is 10.0 Å². The number of benzene rings is 2. The third-order valence-electron chi connectivity index (χ3n) is 4.57. The summed E-state index contributed by atoms with van der Waals surface area (Å²) in [6, 6.07) is 12.8. The van der Waals surface area contributed by atoms with Gasteiger partial charge in [-0.25, -0.2) is 8.42 Å². The minimum absolute atomic E-state index is 0.0319. The first-order valence-electron chi connectivity index (χ1n) is 9.51. The highest BCUT2D eigenvalue weighted by atomic mass is 32.2. The molecule has 2 N–H and O–H groups in total. The van der Waals surface area contributed by atoms with Crippen molar-refractivity contribution >= 4 is 21.8 Å². The van der Waals surface area contributed by atoms with Crippen LogP contribution in [0.25, 0.3) is 0 Å². The Kier molecular flexibility index (Phi) is 7.53. The molecule has 2 amide bonds. The fourth-order valence-electron chi connectivity index (χ4n) is 2.79. The Bertz CT molecular complexity index is 966. The summed E-state index contributed by atoms with van der Waals surface area (Å²) in [6.07, 6.45) is 0. The summed E-state index contributed by atoms with van der Waals surface area (Å²) < 4.78 is 26.6. The van der Waals surface area contributed by atoms with Gasteiger partial charge in [-0.2, -0.15) is 4.31 Å². The number of rotatable bonds is 7. The molecule has 2 rings (SSSR count). The van der Waals surface area contributed by atoms with E-state index in [0.29, 0.717) is 24.6 Å². The Labute approximate surface area is 172 Å². The van der Waals surface area contributed by atoms with E-state index in [2.05, 4.69) is 24.7 Å². The maximum absolute atomic E-state index is 12.6. The Balaban J connectivity index is 2.08. The Morgan fingerprint density at radius 2 is 1.45 bits per heavy atom. The number of hydrazine groups is 1. The standard InChI is InChI=1S/C21H27N3O4S/c1-5-24(6-2)29(27,28)19-9-7-8-18(14-19)21(26)23-22-20(25)17-12-10-16(11-13-17)15(3)4/h7-15H,5-6H2,1-4H3,(H,22,25)(H,23,26). The zero-order valence-corrected chi connectivity index (χ0v) is 17.9. The fourth-order valence-corrected chi connectivity index (χ4v) is 4.29. The molecule has 0 bridgehead atoms. The number of nitrogens with one attached hydrogen (secondary N) is 2. The molecule has 156 valence electrons. The fraction of sp³-hybridized carbons (Fsp3) is 0.333. The molecule has 0 saturated heterocycles. The van der Waals surface area contributed by atoms with Crippen LogP contribution in [0.5, 0.6) is 0 Å². The van der Waals surface area contributed by atoms with Crippen LogP contribution in [0.2, 0.25) is 0 Å². The Morgan fingerprint density at radius 1 is 0.897 bits per heavy atom. The lowest BCUT2D eigenvalue weighted by Gasteiger charge is -2.18. The number of amides is 2. The van der Waals surface area contributed by atoms with Crippen LogP contribution in [0.4, 0.5) is 0 Å². The molecular weight excluding hydrogens is 390 g/mol. The first kappa shape index (κ1) is 22.6.